The molecule has 0 aromatic carbocycles. The van der Waals surface area contributed by atoms with Crippen LogP contribution in [0.4, 0.5) is 0 Å². The SMILES string of the molecule is C=CCC(NC(C)(C)C)c1cccs1. The molecule has 0 saturated carbocycles. The maximum absolute atomic E-state index is 3.81. The van der Waals surface area contributed by atoms with Gasteiger partial charge in [0.1, 0.15) is 0 Å². The molecule has 0 fully saturated rings. The molecule has 0 amide bonds. The lowest BCUT2D eigenvalue weighted by molar-refractivity contribution is 0.367. The number of rotatable bonds is 4. The van der Waals surface area contributed by atoms with Crippen LogP contribution in [0, 0.1) is 0 Å². The zero-order valence-corrected chi connectivity index (χ0v) is 10.0. The summed E-state index contributed by atoms with van der Waals surface area (Å²) in [6.07, 6.45) is 2.96. The van der Waals surface area contributed by atoms with Crippen LogP contribution < -0.4 is 5.32 Å². The van der Waals surface area contributed by atoms with Gasteiger partial charge in [0.2, 0.25) is 0 Å². The molecule has 1 unspecified atom stereocenters. The second-order valence-corrected chi connectivity index (χ2v) is 5.47. The van der Waals surface area contributed by atoms with E-state index in [9.17, 15) is 0 Å². The first-order chi connectivity index (χ1) is 6.53. The molecule has 1 aromatic rings. The van der Waals surface area contributed by atoms with Crippen LogP contribution in [0.15, 0.2) is 30.2 Å². The van der Waals surface area contributed by atoms with Crippen LogP contribution in [-0.4, -0.2) is 5.54 Å². The predicted molar refractivity (Wildman–Crippen MR) is 64.8 cm³/mol. The Morgan fingerprint density at radius 2 is 2.29 bits per heavy atom. The van der Waals surface area contributed by atoms with Gasteiger partial charge >= 0.3 is 0 Å². The van der Waals surface area contributed by atoms with E-state index < -0.39 is 0 Å². The molecule has 2 heteroatoms. The van der Waals surface area contributed by atoms with Gasteiger partial charge in [-0.2, -0.15) is 0 Å². The van der Waals surface area contributed by atoms with Gasteiger partial charge < -0.3 is 5.32 Å². The van der Waals surface area contributed by atoms with Crippen LogP contribution in [0.1, 0.15) is 38.1 Å². The predicted octanol–water partition coefficient (Wildman–Crippen LogP) is 3.75. The molecule has 78 valence electrons. The van der Waals surface area contributed by atoms with Gasteiger partial charge in [0.25, 0.3) is 0 Å². The van der Waals surface area contributed by atoms with Gasteiger partial charge in [0, 0.05) is 16.5 Å². The Kier molecular flexibility index (Phi) is 3.90. The lowest BCUT2D eigenvalue weighted by atomic mass is 10.0. The molecule has 1 rings (SSSR count). The third kappa shape index (κ3) is 3.64. The van der Waals surface area contributed by atoms with Crippen molar-refractivity contribution < 1.29 is 0 Å². The summed E-state index contributed by atoms with van der Waals surface area (Å²) in [5.74, 6) is 0. The molecule has 1 atom stereocenters. The molecule has 0 aliphatic rings. The second kappa shape index (κ2) is 4.76. The average Bonchev–Trinajstić information content (AvgIpc) is 2.52. The third-order valence-electron chi connectivity index (χ3n) is 1.90. The molecule has 1 heterocycles. The first-order valence-electron chi connectivity index (χ1n) is 4.95. The maximum Gasteiger partial charge on any atom is 0.0453 e. The Morgan fingerprint density at radius 1 is 1.57 bits per heavy atom. The van der Waals surface area contributed by atoms with Crippen LogP contribution in [0.3, 0.4) is 0 Å². The minimum atomic E-state index is 0.150. The molecule has 14 heavy (non-hydrogen) atoms. The zero-order valence-electron chi connectivity index (χ0n) is 9.21. The van der Waals surface area contributed by atoms with Crippen molar-refractivity contribution in [2.45, 2.75) is 38.8 Å². The highest BCUT2D eigenvalue weighted by atomic mass is 32.1. The summed E-state index contributed by atoms with van der Waals surface area (Å²) in [5, 5.41) is 5.72. The smallest absolute Gasteiger partial charge is 0.0453 e. The van der Waals surface area contributed by atoms with E-state index in [4.69, 9.17) is 0 Å². The van der Waals surface area contributed by atoms with Crippen molar-refractivity contribution >= 4 is 11.3 Å². The summed E-state index contributed by atoms with van der Waals surface area (Å²) in [4.78, 5) is 1.39. The summed E-state index contributed by atoms with van der Waals surface area (Å²) >= 11 is 1.80. The molecule has 0 saturated heterocycles. The van der Waals surface area contributed by atoms with E-state index in [0.29, 0.717) is 6.04 Å². The molecule has 0 aliphatic heterocycles. The van der Waals surface area contributed by atoms with Crippen LogP contribution in [0.5, 0.6) is 0 Å². The summed E-state index contributed by atoms with van der Waals surface area (Å²) < 4.78 is 0. The van der Waals surface area contributed by atoms with Gasteiger partial charge in [-0.3, -0.25) is 0 Å². The Bertz CT molecular complexity index is 269. The van der Waals surface area contributed by atoms with Crippen molar-refractivity contribution in [3.63, 3.8) is 0 Å². The van der Waals surface area contributed by atoms with Crippen LogP contribution >= 0.6 is 11.3 Å². The fourth-order valence-electron chi connectivity index (χ4n) is 1.43. The topological polar surface area (TPSA) is 12.0 Å². The summed E-state index contributed by atoms with van der Waals surface area (Å²) in [6, 6.07) is 4.69. The molecule has 0 spiro atoms. The second-order valence-electron chi connectivity index (χ2n) is 4.49. The minimum absolute atomic E-state index is 0.150. The molecular weight excluding hydrogens is 190 g/mol. The third-order valence-corrected chi connectivity index (χ3v) is 2.88. The van der Waals surface area contributed by atoms with Gasteiger partial charge in [0.05, 0.1) is 0 Å². The highest BCUT2D eigenvalue weighted by Gasteiger charge is 2.17. The molecule has 1 aromatic heterocycles. The van der Waals surface area contributed by atoms with Gasteiger partial charge in [-0.05, 0) is 38.6 Å². The highest BCUT2D eigenvalue weighted by Crippen LogP contribution is 2.24. The fourth-order valence-corrected chi connectivity index (χ4v) is 2.22. The van der Waals surface area contributed by atoms with E-state index in [0.717, 1.165) is 6.42 Å². The van der Waals surface area contributed by atoms with E-state index in [1.807, 2.05) is 6.08 Å². The highest BCUT2D eigenvalue weighted by molar-refractivity contribution is 7.10. The normalized spacial score (nSPS) is 13.9. The molecular formula is C12H19NS. The van der Waals surface area contributed by atoms with Crippen molar-refractivity contribution in [3.05, 3.63) is 35.0 Å². The summed E-state index contributed by atoms with van der Waals surface area (Å²) in [6.45, 7) is 10.4. The average molecular weight is 209 g/mol. The minimum Gasteiger partial charge on any atom is -0.304 e. The van der Waals surface area contributed by atoms with E-state index in [1.54, 1.807) is 11.3 Å². The number of hydrogen-bond acceptors (Lipinski definition) is 2. The van der Waals surface area contributed by atoms with Crippen molar-refractivity contribution in [1.29, 1.82) is 0 Å². The van der Waals surface area contributed by atoms with Crippen LogP contribution in [0.25, 0.3) is 0 Å². The van der Waals surface area contributed by atoms with Crippen molar-refractivity contribution in [2.24, 2.45) is 0 Å². The molecule has 1 N–H and O–H groups in total. The quantitative estimate of drug-likeness (QED) is 0.745. The monoisotopic (exact) mass is 209 g/mol. The number of hydrogen-bond donors (Lipinski definition) is 1. The lowest BCUT2D eigenvalue weighted by Crippen LogP contribution is -2.38. The first kappa shape index (κ1) is 11.5. The zero-order chi connectivity index (χ0) is 10.6. The van der Waals surface area contributed by atoms with Gasteiger partial charge in [-0.25, -0.2) is 0 Å². The van der Waals surface area contributed by atoms with Gasteiger partial charge in [0.15, 0.2) is 0 Å². The lowest BCUT2D eigenvalue weighted by Gasteiger charge is -2.27. The Morgan fingerprint density at radius 3 is 2.71 bits per heavy atom. The Labute approximate surface area is 90.9 Å². The molecule has 0 aliphatic carbocycles. The molecule has 1 nitrogen and oxygen atoms in total. The molecule has 0 radical (unpaired) electrons. The standard InChI is InChI=1S/C12H19NS/c1-5-7-10(13-12(2,3)4)11-8-6-9-14-11/h5-6,8-10,13H,1,7H2,2-4H3. The van der Waals surface area contributed by atoms with Crippen molar-refractivity contribution in [1.82, 2.24) is 5.32 Å². The van der Waals surface area contributed by atoms with Gasteiger partial charge in [-0.1, -0.05) is 12.1 Å². The van der Waals surface area contributed by atoms with E-state index >= 15 is 0 Å². The van der Waals surface area contributed by atoms with E-state index in [1.165, 1.54) is 4.88 Å². The fraction of sp³-hybridized carbons (Fsp3) is 0.500. The molecule has 0 bridgehead atoms. The van der Waals surface area contributed by atoms with Crippen molar-refractivity contribution in [2.75, 3.05) is 0 Å². The van der Waals surface area contributed by atoms with E-state index in [2.05, 4.69) is 50.2 Å². The van der Waals surface area contributed by atoms with Crippen molar-refractivity contribution in [3.8, 4) is 0 Å². The maximum atomic E-state index is 3.81. The summed E-state index contributed by atoms with van der Waals surface area (Å²) in [5.41, 5.74) is 0.150. The Hall–Kier alpha value is -0.600. The number of nitrogens with one attached hydrogen (secondary N) is 1. The number of thiophene rings is 1. The van der Waals surface area contributed by atoms with Crippen LogP contribution in [-0.2, 0) is 0 Å². The van der Waals surface area contributed by atoms with Gasteiger partial charge in [-0.15, -0.1) is 17.9 Å². The van der Waals surface area contributed by atoms with E-state index in [-0.39, 0.29) is 5.54 Å². The van der Waals surface area contributed by atoms with Crippen LogP contribution in [0.2, 0.25) is 0 Å². The first-order valence-corrected chi connectivity index (χ1v) is 5.83. The Balaban J connectivity index is 2.70. The largest absolute Gasteiger partial charge is 0.304 e. The summed E-state index contributed by atoms with van der Waals surface area (Å²) in [7, 11) is 0.